The van der Waals surface area contributed by atoms with Crippen LogP contribution in [-0.2, 0) is 23.7 Å². The van der Waals surface area contributed by atoms with Crippen molar-refractivity contribution in [2.75, 3.05) is 6.61 Å². The van der Waals surface area contributed by atoms with Crippen molar-refractivity contribution in [2.45, 2.75) is 30.7 Å². The van der Waals surface area contributed by atoms with E-state index in [1.807, 2.05) is 0 Å². The first-order valence-corrected chi connectivity index (χ1v) is 21.7. The average Bonchev–Trinajstić information content (AvgIpc) is 2.96. The highest BCUT2D eigenvalue weighted by Gasteiger charge is 2.54. The molecule has 30 nitrogen and oxygen atoms in total. The van der Waals surface area contributed by atoms with Crippen LogP contribution in [0, 0.1) is 0 Å². The first-order valence-electron chi connectivity index (χ1n) is 21.7. The second-order valence-electron chi connectivity index (χ2n) is 17.4. The van der Waals surface area contributed by atoms with E-state index in [2.05, 4.69) is 0 Å². The van der Waals surface area contributed by atoms with Crippen molar-refractivity contribution in [1.82, 2.24) is 0 Å². The standard InChI is InChI=1S/C48H28O30/c49-10-1-6-17(31(59)27(10)55)19-23-21-22-24(47(70)76-38(21)35(63)33(19)61)20(34(62)36(64)39(22)75-46(23)69)18-9(4-13(52)28(56)32(18)60)43(66)74-37-14(5-72-42(6)65)73-48(71)41-40(37)77-44(67)7-2-11(50)25(53)29(57)15(7)16-8(45(68)78-41)3-12(51)26(54)30(16)58/h1-4,14,37,40-41,48-64,71H,5H2/t14?,37-,40+,41?,48?/m1/s1. The zero-order chi connectivity index (χ0) is 56.3. The lowest BCUT2D eigenvalue weighted by Crippen LogP contribution is -2.62. The number of hydrogen-bond acceptors (Lipinski definition) is 30. The number of fused-ring (bicyclic) bond motifs is 10. The maximum atomic E-state index is 15.0. The number of hydrogen-bond donors (Lipinski definition) is 17. The number of carbonyl (C=O) groups is 4. The third kappa shape index (κ3) is 6.49. The first kappa shape index (κ1) is 49.1. The Hall–Kier alpha value is -11.1. The van der Waals surface area contributed by atoms with Crippen molar-refractivity contribution < 1.29 is 139 Å². The largest absolute Gasteiger partial charge is 0.504 e. The number of rotatable bonds is 0. The molecule has 17 N–H and O–H groups in total. The highest BCUT2D eigenvalue weighted by atomic mass is 16.7. The fraction of sp³-hybridized carbons (Fsp3) is 0.125. The van der Waals surface area contributed by atoms with Gasteiger partial charge in [-0.05, 0) is 24.3 Å². The molecule has 3 aliphatic heterocycles. The van der Waals surface area contributed by atoms with Crippen LogP contribution in [0.5, 0.6) is 92.0 Å². The van der Waals surface area contributed by atoms with E-state index in [4.69, 9.17) is 32.5 Å². The van der Waals surface area contributed by atoms with E-state index in [0.29, 0.717) is 24.3 Å². The van der Waals surface area contributed by atoms with Crippen LogP contribution in [0.1, 0.15) is 41.4 Å². The molecular formula is C48H28O30. The minimum absolute atomic E-state index is 0.293. The second-order valence-corrected chi connectivity index (χ2v) is 17.4. The van der Waals surface area contributed by atoms with Gasteiger partial charge in [-0.2, -0.15) is 0 Å². The zero-order valence-electron chi connectivity index (χ0n) is 37.8. The Kier molecular flexibility index (Phi) is 10.3. The lowest BCUT2D eigenvalue weighted by atomic mass is 9.88. The third-order valence-electron chi connectivity index (χ3n) is 13.2. The summed E-state index contributed by atoms with van der Waals surface area (Å²) in [6.07, 6.45) is -12.9. The van der Waals surface area contributed by atoms with Gasteiger partial charge in [0.05, 0.1) is 33.0 Å². The monoisotopic (exact) mass is 1080 g/mol. The molecule has 1 saturated heterocycles. The van der Waals surface area contributed by atoms with Crippen LogP contribution in [0.25, 0.3) is 66.1 Å². The quantitative estimate of drug-likeness (QED) is 0.0339. The predicted octanol–water partition coefficient (Wildman–Crippen LogP) is 1.96. The summed E-state index contributed by atoms with van der Waals surface area (Å²) in [7, 11) is 0. The van der Waals surface area contributed by atoms with Gasteiger partial charge >= 0.3 is 35.1 Å². The van der Waals surface area contributed by atoms with Crippen molar-refractivity contribution in [3.63, 3.8) is 0 Å². The van der Waals surface area contributed by atoms with Crippen LogP contribution in [-0.4, -0.2) is 148 Å². The van der Waals surface area contributed by atoms with E-state index in [9.17, 15) is 116 Å². The van der Waals surface area contributed by atoms with E-state index in [0.717, 1.165) is 0 Å². The molecule has 0 saturated carbocycles. The summed E-state index contributed by atoms with van der Waals surface area (Å²) in [5, 5.41) is 185. The number of carbonyl (C=O) groups excluding carboxylic acids is 4. The number of esters is 4. The van der Waals surface area contributed by atoms with Crippen molar-refractivity contribution in [3.8, 4) is 125 Å². The van der Waals surface area contributed by atoms with Gasteiger partial charge in [0.25, 0.3) is 0 Å². The van der Waals surface area contributed by atoms with Crippen LogP contribution in [0.4, 0.5) is 0 Å². The number of ether oxygens (including phenoxy) is 5. The molecule has 5 atom stereocenters. The highest BCUT2D eigenvalue weighted by molar-refractivity contribution is 6.29. The molecule has 78 heavy (non-hydrogen) atoms. The van der Waals surface area contributed by atoms with Gasteiger partial charge in [0.1, 0.15) is 12.7 Å². The summed E-state index contributed by atoms with van der Waals surface area (Å²) in [6, 6.07) is 1.42. The molecule has 2 aromatic heterocycles. The molecular weight excluding hydrogens is 1060 g/mol. The van der Waals surface area contributed by atoms with Crippen LogP contribution in [0.3, 0.4) is 0 Å². The van der Waals surface area contributed by atoms with Crippen LogP contribution in [0.15, 0.2) is 42.7 Å². The molecule has 3 unspecified atom stereocenters. The summed E-state index contributed by atoms with van der Waals surface area (Å²) in [6.45, 7) is -1.46. The maximum Gasteiger partial charge on any atom is 0.345 e. The van der Waals surface area contributed by atoms with Gasteiger partial charge < -0.3 is 119 Å². The minimum atomic E-state index is -2.70. The minimum Gasteiger partial charge on any atom is -0.504 e. The Balaban J connectivity index is 1.22. The number of phenolic OH excluding ortho intramolecular Hbond substituents is 16. The summed E-state index contributed by atoms with van der Waals surface area (Å²) < 4.78 is 38.5. The lowest BCUT2D eigenvalue weighted by Gasteiger charge is -2.43. The van der Waals surface area contributed by atoms with E-state index < -0.39 is 253 Å². The summed E-state index contributed by atoms with van der Waals surface area (Å²) >= 11 is 0. The normalized spacial score (nSPS) is 19.3. The van der Waals surface area contributed by atoms with Gasteiger partial charge in [-0.25, -0.2) is 28.8 Å². The number of aliphatic hydroxyl groups excluding tert-OH is 1. The Morgan fingerprint density at radius 2 is 0.654 bits per heavy atom. The number of cyclic esters (lactones) is 1. The van der Waals surface area contributed by atoms with Crippen molar-refractivity contribution in [3.05, 3.63) is 67.4 Å². The van der Waals surface area contributed by atoms with Gasteiger partial charge in [0, 0.05) is 44.2 Å². The van der Waals surface area contributed by atoms with Gasteiger partial charge in [0.15, 0.2) is 93.3 Å². The van der Waals surface area contributed by atoms with E-state index in [1.54, 1.807) is 0 Å². The Bertz CT molecular complexity index is 4240. The van der Waals surface area contributed by atoms with Gasteiger partial charge in [0.2, 0.25) is 34.5 Å². The molecule has 0 spiro atoms. The van der Waals surface area contributed by atoms with Crippen LogP contribution in [0.2, 0.25) is 0 Å². The molecule has 3 aliphatic rings. The highest BCUT2D eigenvalue weighted by Crippen LogP contribution is 2.59. The van der Waals surface area contributed by atoms with E-state index >= 15 is 0 Å². The average molecular weight is 1080 g/mol. The molecule has 6 aromatic carbocycles. The second kappa shape index (κ2) is 16.4. The number of phenols is 16. The van der Waals surface area contributed by atoms with E-state index in [-0.39, 0.29) is 0 Å². The Morgan fingerprint density at radius 1 is 0.346 bits per heavy atom. The van der Waals surface area contributed by atoms with Crippen LogP contribution < -0.4 is 11.3 Å². The summed E-state index contributed by atoms with van der Waals surface area (Å²) in [4.78, 5) is 86.6. The third-order valence-corrected chi connectivity index (χ3v) is 13.2. The summed E-state index contributed by atoms with van der Waals surface area (Å²) in [5.41, 5.74) is -17.8. The van der Waals surface area contributed by atoms with E-state index in [1.165, 1.54) is 0 Å². The maximum absolute atomic E-state index is 15.0. The fourth-order valence-electron chi connectivity index (χ4n) is 9.72. The number of aromatic hydroxyl groups is 16. The molecule has 5 heterocycles. The molecule has 30 heteroatoms. The van der Waals surface area contributed by atoms with Crippen molar-refractivity contribution in [2.24, 2.45) is 0 Å². The molecule has 6 bridgehead atoms. The lowest BCUT2D eigenvalue weighted by molar-refractivity contribution is -0.284. The van der Waals surface area contributed by atoms with Crippen molar-refractivity contribution in [1.29, 1.82) is 0 Å². The van der Waals surface area contributed by atoms with Gasteiger partial charge in [-0.3, -0.25) is 0 Å². The smallest absolute Gasteiger partial charge is 0.345 e. The van der Waals surface area contributed by atoms with Crippen molar-refractivity contribution >= 4 is 56.6 Å². The SMILES string of the molecule is O=C1OC2C(O)OC3COC(=O)c4cc(O)c(O)c(O)c4-c4c(O)c(O)c5oc(=O)c6c(c(O)c(O)c7oc(=O)c4c5c76)-c4c(cc(O)c(O)c4O)C(=O)O[C@H]3[C@@H]2OC(=O)c2cc(O)c(O)c(O)c2-c2c1cc(O)c(O)c2O. The topological polar surface area (TPSA) is 519 Å². The molecule has 400 valence electrons. The van der Waals surface area contributed by atoms with Gasteiger partial charge in [-0.1, -0.05) is 0 Å². The Morgan fingerprint density at radius 3 is 1.03 bits per heavy atom. The Labute approximate surface area is 424 Å². The molecule has 8 aromatic rings. The zero-order valence-corrected chi connectivity index (χ0v) is 37.8. The predicted molar refractivity (Wildman–Crippen MR) is 245 cm³/mol. The molecule has 0 radical (unpaired) electrons. The van der Waals surface area contributed by atoms with Gasteiger partial charge in [-0.15, -0.1) is 0 Å². The molecule has 0 amide bonds. The summed E-state index contributed by atoms with van der Waals surface area (Å²) in [5.74, 6) is -31.1. The number of benzene rings is 6. The number of aliphatic hydroxyl groups is 1. The molecule has 11 rings (SSSR count). The molecule has 1 fully saturated rings. The first-order chi connectivity index (χ1) is 36.8. The fourth-order valence-corrected chi connectivity index (χ4v) is 9.72. The molecule has 0 aliphatic carbocycles. The van der Waals surface area contributed by atoms with Crippen LogP contribution >= 0.6 is 0 Å².